The third kappa shape index (κ3) is 2.77. The minimum absolute atomic E-state index is 0.0678. The second kappa shape index (κ2) is 5.32. The summed E-state index contributed by atoms with van der Waals surface area (Å²) in [5, 5.41) is 10.3. The van der Waals surface area contributed by atoms with Crippen LogP contribution in [0, 0.1) is 0 Å². The van der Waals surface area contributed by atoms with Gasteiger partial charge in [0.2, 0.25) is 0 Å². The molecular weight excluding hydrogens is 258 g/mol. The van der Waals surface area contributed by atoms with Gasteiger partial charge in [0.15, 0.2) is 17.5 Å². The number of hydrogen-bond acceptors (Lipinski definition) is 4. The van der Waals surface area contributed by atoms with Crippen LogP contribution in [0.15, 0.2) is 17.1 Å². The Balaban J connectivity index is 2.23. The number of rotatable bonds is 3. The number of nitrogens with zero attached hydrogens (tertiary/aromatic N) is 1. The van der Waals surface area contributed by atoms with Gasteiger partial charge < -0.3 is 26.0 Å². The van der Waals surface area contributed by atoms with Crippen LogP contribution < -0.4 is 20.9 Å². The quantitative estimate of drug-likeness (QED) is 0.546. The summed E-state index contributed by atoms with van der Waals surface area (Å²) in [7, 11) is 0. The second-order valence-corrected chi connectivity index (χ2v) is 4.22. The summed E-state index contributed by atoms with van der Waals surface area (Å²) in [5.74, 6) is 0.950. The van der Waals surface area contributed by atoms with E-state index in [1.807, 2.05) is 0 Å². The van der Waals surface area contributed by atoms with Crippen LogP contribution in [0.5, 0.6) is 11.5 Å². The number of aliphatic imine (C=N–C) groups is 1. The van der Waals surface area contributed by atoms with E-state index in [0.29, 0.717) is 35.3 Å². The molecule has 7 heteroatoms. The Morgan fingerprint density at radius 1 is 1.39 bits per heavy atom. The Labute approximate surface area is 109 Å². The molecule has 0 bridgehead atoms. The van der Waals surface area contributed by atoms with Crippen molar-refractivity contribution >= 4 is 17.6 Å². The first kappa shape index (κ1) is 12.8. The van der Waals surface area contributed by atoms with Crippen LogP contribution in [0.25, 0.3) is 0 Å². The number of benzene rings is 1. The van der Waals surface area contributed by atoms with Gasteiger partial charge in [0.1, 0.15) is 13.2 Å². The molecule has 2 rings (SSSR count). The maximum atomic E-state index is 9.92. The largest absolute Gasteiger partial charge is 0.486 e. The molecule has 1 atom stereocenters. The van der Waals surface area contributed by atoms with Gasteiger partial charge in [-0.1, -0.05) is 11.6 Å². The van der Waals surface area contributed by atoms with Crippen molar-refractivity contribution in [1.82, 2.24) is 0 Å². The molecule has 1 aliphatic rings. The molecule has 0 saturated carbocycles. The fraction of sp³-hybridized carbons (Fsp3) is 0.364. The van der Waals surface area contributed by atoms with Gasteiger partial charge in [-0.05, 0) is 17.7 Å². The van der Waals surface area contributed by atoms with Crippen molar-refractivity contribution in [3.05, 3.63) is 22.7 Å². The number of fused-ring (bicyclic) bond motifs is 1. The molecule has 0 saturated heterocycles. The van der Waals surface area contributed by atoms with E-state index >= 15 is 0 Å². The van der Waals surface area contributed by atoms with Crippen molar-refractivity contribution in [2.75, 3.05) is 19.8 Å². The number of nitrogens with two attached hydrogens (primary N) is 2. The molecule has 1 aromatic rings. The second-order valence-electron chi connectivity index (χ2n) is 3.81. The molecular formula is C11H14ClN3O3. The Morgan fingerprint density at radius 2 is 2.11 bits per heavy atom. The zero-order chi connectivity index (χ0) is 13.1. The first-order chi connectivity index (χ1) is 8.58. The Bertz CT molecular complexity index is 475. The molecule has 0 radical (unpaired) electrons. The average molecular weight is 272 g/mol. The standard InChI is InChI=1S/C11H14ClN3O3/c12-7-3-6(8(16)5-15-11(13)14)4-9-10(7)18-2-1-17-9/h3-4,8,16H,1-2,5H2,(H4,13,14,15). The van der Waals surface area contributed by atoms with E-state index in [4.69, 9.17) is 32.5 Å². The van der Waals surface area contributed by atoms with Gasteiger partial charge in [-0.15, -0.1) is 0 Å². The first-order valence-corrected chi connectivity index (χ1v) is 5.78. The van der Waals surface area contributed by atoms with Gasteiger partial charge in [0, 0.05) is 0 Å². The smallest absolute Gasteiger partial charge is 0.186 e. The summed E-state index contributed by atoms with van der Waals surface area (Å²) in [6.45, 7) is 0.984. The molecule has 1 heterocycles. The van der Waals surface area contributed by atoms with Gasteiger partial charge in [-0.2, -0.15) is 0 Å². The molecule has 0 aliphatic carbocycles. The predicted octanol–water partition coefficient (Wildman–Crippen LogP) is 0.418. The number of ether oxygens (including phenoxy) is 2. The van der Waals surface area contributed by atoms with E-state index in [1.54, 1.807) is 12.1 Å². The first-order valence-electron chi connectivity index (χ1n) is 5.40. The number of aliphatic hydroxyl groups is 1. The molecule has 0 amide bonds. The molecule has 0 spiro atoms. The zero-order valence-electron chi connectivity index (χ0n) is 9.60. The summed E-state index contributed by atoms with van der Waals surface area (Å²) in [6.07, 6.45) is -0.847. The van der Waals surface area contributed by atoms with E-state index in [1.165, 1.54) is 0 Å². The van der Waals surface area contributed by atoms with E-state index in [-0.39, 0.29) is 12.5 Å². The third-order valence-electron chi connectivity index (χ3n) is 2.45. The number of aliphatic hydroxyl groups excluding tert-OH is 1. The summed E-state index contributed by atoms with van der Waals surface area (Å²) in [6, 6.07) is 3.29. The van der Waals surface area contributed by atoms with Crippen LogP contribution >= 0.6 is 11.6 Å². The van der Waals surface area contributed by atoms with Crippen molar-refractivity contribution in [2.45, 2.75) is 6.10 Å². The highest BCUT2D eigenvalue weighted by Gasteiger charge is 2.19. The fourth-order valence-electron chi connectivity index (χ4n) is 1.62. The molecule has 6 nitrogen and oxygen atoms in total. The third-order valence-corrected chi connectivity index (χ3v) is 2.73. The van der Waals surface area contributed by atoms with E-state index in [9.17, 15) is 5.11 Å². The zero-order valence-corrected chi connectivity index (χ0v) is 10.4. The highest BCUT2D eigenvalue weighted by molar-refractivity contribution is 6.32. The Morgan fingerprint density at radius 3 is 2.83 bits per heavy atom. The summed E-state index contributed by atoms with van der Waals surface area (Å²) >= 11 is 6.05. The molecule has 0 fully saturated rings. The maximum absolute atomic E-state index is 9.92. The Hall–Kier alpha value is -1.66. The van der Waals surface area contributed by atoms with E-state index in [2.05, 4.69) is 4.99 Å². The number of guanidine groups is 1. The summed E-state index contributed by atoms with van der Waals surface area (Å²) in [5.41, 5.74) is 11.0. The van der Waals surface area contributed by atoms with Crippen LogP contribution in [-0.2, 0) is 0 Å². The minimum atomic E-state index is -0.847. The van der Waals surface area contributed by atoms with Crippen molar-refractivity contribution in [3.63, 3.8) is 0 Å². The lowest BCUT2D eigenvalue weighted by molar-refractivity contribution is 0.167. The van der Waals surface area contributed by atoms with Crippen molar-refractivity contribution in [3.8, 4) is 11.5 Å². The van der Waals surface area contributed by atoms with Gasteiger partial charge in [0.25, 0.3) is 0 Å². The average Bonchev–Trinajstić information content (AvgIpc) is 2.36. The van der Waals surface area contributed by atoms with Crippen LogP contribution in [0.2, 0.25) is 5.02 Å². The molecule has 5 N–H and O–H groups in total. The van der Waals surface area contributed by atoms with E-state index < -0.39 is 6.10 Å². The molecule has 98 valence electrons. The van der Waals surface area contributed by atoms with Gasteiger partial charge in [-0.3, -0.25) is 4.99 Å². The Kier molecular flexibility index (Phi) is 3.78. The normalized spacial score (nSPS) is 15.0. The van der Waals surface area contributed by atoms with Crippen LogP contribution in [0.3, 0.4) is 0 Å². The monoisotopic (exact) mass is 271 g/mol. The van der Waals surface area contributed by atoms with Crippen molar-refractivity contribution < 1.29 is 14.6 Å². The van der Waals surface area contributed by atoms with Gasteiger partial charge in [0.05, 0.1) is 17.7 Å². The lowest BCUT2D eigenvalue weighted by atomic mass is 10.1. The molecule has 18 heavy (non-hydrogen) atoms. The van der Waals surface area contributed by atoms with Crippen LogP contribution in [0.1, 0.15) is 11.7 Å². The molecule has 0 aromatic heterocycles. The molecule has 1 aliphatic heterocycles. The van der Waals surface area contributed by atoms with Crippen molar-refractivity contribution in [1.29, 1.82) is 0 Å². The molecule has 1 aromatic carbocycles. The highest BCUT2D eigenvalue weighted by Crippen LogP contribution is 2.39. The number of hydrogen-bond donors (Lipinski definition) is 3. The van der Waals surface area contributed by atoms with Gasteiger partial charge >= 0.3 is 0 Å². The summed E-state index contributed by atoms with van der Waals surface area (Å²) < 4.78 is 10.8. The fourth-order valence-corrected chi connectivity index (χ4v) is 1.89. The van der Waals surface area contributed by atoms with Crippen molar-refractivity contribution in [2.24, 2.45) is 16.5 Å². The highest BCUT2D eigenvalue weighted by atomic mass is 35.5. The van der Waals surface area contributed by atoms with Crippen LogP contribution in [0.4, 0.5) is 0 Å². The minimum Gasteiger partial charge on any atom is -0.486 e. The SMILES string of the molecule is NC(N)=NCC(O)c1cc(Cl)c2c(c1)OCCO2. The maximum Gasteiger partial charge on any atom is 0.186 e. The van der Waals surface area contributed by atoms with Crippen LogP contribution in [-0.4, -0.2) is 30.8 Å². The van der Waals surface area contributed by atoms with E-state index in [0.717, 1.165) is 0 Å². The molecule has 1 unspecified atom stereocenters. The lowest BCUT2D eigenvalue weighted by Crippen LogP contribution is -2.23. The van der Waals surface area contributed by atoms with Gasteiger partial charge in [-0.25, -0.2) is 0 Å². The predicted molar refractivity (Wildman–Crippen MR) is 68.1 cm³/mol. The topological polar surface area (TPSA) is 103 Å². The lowest BCUT2D eigenvalue weighted by Gasteiger charge is -2.21. The number of halogens is 1. The summed E-state index contributed by atoms with van der Waals surface area (Å²) in [4.78, 5) is 3.75.